The molecule has 3 N–H and O–H groups in total. The Labute approximate surface area is 173 Å². The molecule has 0 spiro atoms. The zero-order chi connectivity index (χ0) is 20.9. The lowest BCUT2D eigenvalue weighted by Crippen LogP contribution is -2.68. The minimum atomic E-state index is -0.855. The third kappa shape index (κ3) is 2.47. The lowest BCUT2D eigenvalue weighted by atomic mass is 9.41. The van der Waals surface area contributed by atoms with Crippen LogP contribution in [0.3, 0.4) is 0 Å². The molecule has 8 atom stereocenters. The first-order valence-electron chi connectivity index (χ1n) is 11.5. The Balaban J connectivity index is 1.49. The molecule has 162 valence electrons. The summed E-state index contributed by atoms with van der Waals surface area (Å²) >= 11 is 0. The molecular weight excluding hydrogens is 368 g/mol. The summed E-state index contributed by atoms with van der Waals surface area (Å²) in [6.07, 6.45) is 8.60. The van der Waals surface area contributed by atoms with E-state index in [1.54, 1.807) is 6.08 Å². The number of hydrogen-bond acceptors (Lipinski definition) is 5. The molecule has 5 nitrogen and oxygen atoms in total. The van der Waals surface area contributed by atoms with Crippen molar-refractivity contribution < 1.29 is 24.9 Å². The molecule has 1 heterocycles. The summed E-state index contributed by atoms with van der Waals surface area (Å²) in [6.45, 7) is 6.65. The van der Waals surface area contributed by atoms with E-state index in [1.807, 2.05) is 6.92 Å². The molecule has 0 aromatic carbocycles. The van der Waals surface area contributed by atoms with Crippen molar-refractivity contribution in [1.29, 1.82) is 0 Å². The van der Waals surface area contributed by atoms with Crippen LogP contribution in [0, 0.1) is 28.6 Å². The van der Waals surface area contributed by atoms with Crippen molar-refractivity contribution in [1.82, 2.24) is 0 Å². The molecule has 0 radical (unpaired) electrons. The number of aliphatic hydroxyl groups is 3. The summed E-state index contributed by atoms with van der Waals surface area (Å²) in [5.41, 5.74) is -1.89. The molecule has 0 aromatic rings. The lowest BCUT2D eigenvalue weighted by molar-refractivity contribution is -0.264. The molecule has 0 aromatic heterocycles. The molecule has 29 heavy (non-hydrogen) atoms. The van der Waals surface area contributed by atoms with Crippen molar-refractivity contribution in [3.05, 3.63) is 11.6 Å². The van der Waals surface area contributed by atoms with Crippen LogP contribution in [-0.2, 0) is 9.53 Å². The van der Waals surface area contributed by atoms with Gasteiger partial charge in [0.25, 0.3) is 0 Å². The average molecular weight is 405 g/mol. The van der Waals surface area contributed by atoms with Crippen LogP contribution in [0.25, 0.3) is 0 Å². The maximum atomic E-state index is 12.2. The zero-order valence-electron chi connectivity index (χ0n) is 18.0. The molecule has 5 heteroatoms. The van der Waals surface area contributed by atoms with Crippen molar-refractivity contribution in [2.75, 3.05) is 6.61 Å². The van der Waals surface area contributed by atoms with Gasteiger partial charge in [-0.05, 0) is 87.0 Å². The highest BCUT2D eigenvalue weighted by Crippen LogP contribution is 2.71. The van der Waals surface area contributed by atoms with Crippen molar-refractivity contribution >= 4 is 5.97 Å². The molecule has 5 rings (SSSR count). The van der Waals surface area contributed by atoms with E-state index >= 15 is 0 Å². The quantitative estimate of drug-likeness (QED) is 0.585. The molecule has 4 aliphatic carbocycles. The van der Waals surface area contributed by atoms with Gasteiger partial charge in [-0.1, -0.05) is 13.8 Å². The number of ether oxygens (including phenoxy) is 1. The van der Waals surface area contributed by atoms with Crippen LogP contribution in [0.5, 0.6) is 0 Å². The Hall–Kier alpha value is -0.910. The second-order valence-corrected chi connectivity index (χ2v) is 11.7. The number of esters is 1. The second kappa shape index (κ2) is 5.86. The Morgan fingerprint density at radius 1 is 0.897 bits per heavy atom. The van der Waals surface area contributed by atoms with Gasteiger partial charge in [0, 0.05) is 17.9 Å². The average Bonchev–Trinajstić information content (AvgIpc) is 3.16. The summed E-state index contributed by atoms with van der Waals surface area (Å²) < 4.78 is 5.19. The first-order chi connectivity index (χ1) is 13.4. The van der Waals surface area contributed by atoms with Gasteiger partial charge in [0.2, 0.25) is 0 Å². The summed E-state index contributed by atoms with van der Waals surface area (Å²) in [7, 11) is 0. The predicted octanol–water partition coefficient (Wildman–Crippen LogP) is 3.11. The normalized spacial score (nSPS) is 56.8. The van der Waals surface area contributed by atoms with Crippen molar-refractivity contribution in [2.45, 2.75) is 95.4 Å². The van der Waals surface area contributed by atoms with Gasteiger partial charge in [-0.25, -0.2) is 4.79 Å². The molecule has 0 amide bonds. The van der Waals surface area contributed by atoms with Gasteiger partial charge < -0.3 is 20.1 Å². The number of cyclic esters (lactones) is 1. The topological polar surface area (TPSA) is 87.0 Å². The largest absolute Gasteiger partial charge is 0.458 e. The fourth-order valence-corrected chi connectivity index (χ4v) is 8.63. The maximum Gasteiger partial charge on any atom is 0.331 e. The van der Waals surface area contributed by atoms with E-state index in [0.717, 1.165) is 44.1 Å². The van der Waals surface area contributed by atoms with E-state index in [-0.39, 0.29) is 34.6 Å². The number of rotatable bonds is 1. The monoisotopic (exact) mass is 404 g/mol. The van der Waals surface area contributed by atoms with Crippen LogP contribution in [0.2, 0.25) is 0 Å². The highest BCUT2D eigenvalue weighted by Gasteiger charge is 2.70. The van der Waals surface area contributed by atoms with Crippen LogP contribution >= 0.6 is 0 Å². The summed E-state index contributed by atoms with van der Waals surface area (Å²) in [4.78, 5) is 11.7. The Morgan fingerprint density at radius 3 is 2.31 bits per heavy atom. The van der Waals surface area contributed by atoms with E-state index in [2.05, 4.69) is 13.8 Å². The standard InChI is InChI=1S/C24H36O5/c1-20(26)10-11-21(2)17-4-7-22(3)16(15-12-19(25)29-13-15)6-9-24(22,28)18(17)5-8-23(21,27)14-20/h12,16-18,26-28H,4-11,13-14H2,1-3H3/t16-,17+,18-,20-,21-,22-,23+,24+/m1/s1. The van der Waals surface area contributed by atoms with Crippen molar-refractivity contribution in [3.63, 3.8) is 0 Å². The number of carbonyl (C=O) groups is 1. The van der Waals surface area contributed by atoms with E-state index in [9.17, 15) is 20.1 Å². The fourth-order valence-electron chi connectivity index (χ4n) is 8.63. The van der Waals surface area contributed by atoms with Gasteiger partial charge in [-0.15, -0.1) is 0 Å². The third-order valence-corrected chi connectivity index (χ3v) is 10.4. The van der Waals surface area contributed by atoms with Gasteiger partial charge in [0.05, 0.1) is 16.8 Å². The highest BCUT2D eigenvalue weighted by atomic mass is 16.5. The van der Waals surface area contributed by atoms with E-state index in [1.165, 1.54) is 0 Å². The van der Waals surface area contributed by atoms with E-state index < -0.39 is 16.8 Å². The van der Waals surface area contributed by atoms with Crippen LogP contribution in [0.1, 0.15) is 78.6 Å². The van der Waals surface area contributed by atoms with Crippen LogP contribution in [-0.4, -0.2) is 44.7 Å². The van der Waals surface area contributed by atoms with E-state index in [4.69, 9.17) is 4.74 Å². The Kier molecular flexibility index (Phi) is 4.05. The van der Waals surface area contributed by atoms with Crippen LogP contribution < -0.4 is 0 Å². The SMILES string of the molecule is C[C@@]1(O)CC[C@]2(C)[C@H]3CC[C@]4(C)[C@@H](C5=CC(=O)OC5)CC[C@]4(O)[C@@H]3CC[C@]2(O)C1. The zero-order valence-corrected chi connectivity index (χ0v) is 18.0. The highest BCUT2D eigenvalue weighted by molar-refractivity contribution is 5.85. The minimum Gasteiger partial charge on any atom is -0.458 e. The fraction of sp³-hybridized carbons (Fsp3) is 0.875. The molecule has 0 unspecified atom stereocenters. The van der Waals surface area contributed by atoms with Gasteiger partial charge >= 0.3 is 5.97 Å². The number of hydrogen-bond donors (Lipinski definition) is 3. The molecule has 4 fully saturated rings. The minimum absolute atomic E-state index is 0.165. The molecule has 1 aliphatic heterocycles. The van der Waals surface area contributed by atoms with Crippen molar-refractivity contribution in [2.24, 2.45) is 28.6 Å². The lowest BCUT2D eigenvalue weighted by Gasteiger charge is -2.66. The second-order valence-electron chi connectivity index (χ2n) is 11.7. The van der Waals surface area contributed by atoms with Crippen molar-refractivity contribution in [3.8, 4) is 0 Å². The molecule has 0 bridgehead atoms. The Bertz CT molecular complexity index is 773. The smallest absolute Gasteiger partial charge is 0.331 e. The Morgan fingerprint density at radius 2 is 1.62 bits per heavy atom. The van der Waals surface area contributed by atoms with Crippen LogP contribution in [0.15, 0.2) is 11.6 Å². The van der Waals surface area contributed by atoms with Gasteiger partial charge in [-0.3, -0.25) is 0 Å². The summed E-state index contributed by atoms with van der Waals surface area (Å²) in [5.74, 6) is 0.376. The molecule has 0 saturated heterocycles. The third-order valence-electron chi connectivity index (χ3n) is 10.4. The van der Waals surface area contributed by atoms with Crippen LogP contribution in [0.4, 0.5) is 0 Å². The first kappa shape index (κ1) is 20.0. The molecular formula is C24H36O5. The van der Waals surface area contributed by atoms with Gasteiger partial charge in [0.1, 0.15) is 6.61 Å². The number of fused-ring (bicyclic) bond motifs is 5. The first-order valence-corrected chi connectivity index (χ1v) is 11.5. The summed E-state index contributed by atoms with van der Waals surface area (Å²) in [6, 6.07) is 0. The molecule has 4 saturated carbocycles. The summed E-state index contributed by atoms with van der Waals surface area (Å²) in [5, 5.41) is 34.5. The van der Waals surface area contributed by atoms with Gasteiger partial charge in [-0.2, -0.15) is 0 Å². The molecule has 5 aliphatic rings. The van der Waals surface area contributed by atoms with E-state index in [0.29, 0.717) is 25.9 Å². The van der Waals surface area contributed by atoms with Gasteiger partial charge in [0.15, 0.2) is 0 Å². The predicted molar refractivity (Wildman–Crippen MR) is 108 cm³/mol. The number of carbonyl (C=O) groups excluding carboxylic acids is 1. The maximum absolute atomic E-state index is 12.2.